The van der Waals surface area contributed by atoms with Crippen molar-refractivity contribution in [3.05, 3.63) is 56.5 Å². The van der Waals surface area contributed by atoms with E-state index in [-0.39, 0.29) is 0 Å². The Kier molecular flexibility index (Phi) is 4.97. The lowest BCUT2D eigenvalue weighted by Gasteiger charge is -2.10. The topological polar surface area (TPSA) is 21.3 Å². The molecule has 1 N–H and O–H groups in total. The molecule has 0 saturated carbocycles. The molecule has 19 heavy (non-hydrogen) atoms. The van der Waals surface area contributed by atoms with Crippen molar-refractivity contribution < 1.29 is 4.74 Å². The normalized spacial score (nSPS) is 10.3. The fraction of sp³-hybridized carbons (Fsp3) is 0.143. The maximum Gasteiger partial charge on any atom is 0.133 e. The average Bonchev–Trinajstić information content (AvgIpc) is 2.38. The van der Waals surface area contributed by atoms with Crippen LogP contribution >= 0.6 is 39.1 Å². The van der Waals surface area contributed by atoms with Crippen LogP contribution in [0, 0.1) is 0 Å². The standard InChI is InChI=1S/C14H12BrCl2NO/c1-19-14-5-2-9(6-11(14)15)8-18-13-4-3-10(16)7-12(13)17/h2-7,18H,8H2,1H3. The number of halogens is 3. The van der Waals surface area contributed by atoms with E-state index in [1.54, 1.807) is 19.2 Å². The number of anilines is 1. The zero-order chi connectivity index (χ0) is 13.8. The van der Waals surface area contributed by atoms with Gasteiger partial charge in [-0.15, -0.1) is 0 Å². The minimum absolute atomic E-state index is 0.611. The van der Waals surface area contributed by atoms with E-state index in [4.69, 9.17) is 27.9 Å². The third kappa shape index (κ3) is 3.78. The van der Waals surface area contributed by atoms with Gasteiger partial charge in [0.05, 0.1) is 22.3 Å². The van der Waals surface area contributed by atoms with Crippen LogP contribution in [-0.2, 0) is 6.54 Å². The molecule has 0 unspecified atom stereocenters. The van der Waals surface area contributed by atoms with Gasteiger partial charge in [0.1, 0.15) is 5.75 Å². The summed E-state index contributed by atoms with van der Waals surface area (Å²) >= 11 is 15.4. The van der Waals surface area contributed by atoms with Gasteiger partial charge in [0.2, 0.25) is 0 Å². The Morgan fingerprint density at radius 2 is 1.95 bits per heavy atom. The maximum absolute atomic E-state index is 6.10. The first-order valence-electron chi connectivity index (χ1n) is 5.61. The second-order valence-electron chi connectivity index (χ2n) is 3.95. The van der Waals surface area contributed by atoms with Gasteiger partial charge in [-0.25, -0.2) is 0 Å². The first-order valence-corrected chi connectivity index (χ1v) is 7.16. The number of ether oxygens (including phenoxy) is 1. The lowest BCUT2D eigenvalue weighted by molar-refractivity contribution is 0.412. The Bertz CT molecular complexity index is 590. The van der Waals surface area contributed by atoms with Crippen molar-refractivity contribution in [1.82, 2.24) is 0 Å². The highest BCUT2D eigenvalue weighted by Gasteiger charge is 2.03. The van der Waals surface area contributed by atoms with Crippen molar-refractivity contribution in [2.45, 2.75) is 6.54 Å². The lowest BCUT2D eigenvalue weighted by atomic mass is 10.2. The molecule has 0 aromatic heterocycles. The predicted molar refractivity (Wildman–Crippen MR) is 84.5 cm³/mol. The first-order chi connectivity index (χ1) is 9.10. The van der Waals surface area contributed by atoms with Crippen LogP contribution in [0.5, 0.6) is 5.75 Å². The van der Waals surface area contributed by atoms with Crippen molar-refractivity contribution in [3.8, 4) is 5.75 Å². The number of hydrogen-bond acceptors (Lipinski definition) is 2. The van der Waals surface area contributed by atoms with Crippen LogP contribution < -0.4 is 10.1 Å². The van der Waals surface area contributed by atoms with Gasteiger partial charge in [-0.05, 0) is 51.8 Å². The molecule has 0 bridgehead atoms. The van der Waals surface area contributed by atoms with E-state index in [0.717, 1.165) is 21.5 Å². The van der Waals surface area contributed by atoms with E-state index < -0.39 is 0 Å². The Morgan fingerprint density at radius 1 is 1.16 bits per heavy atom. The molecular formula is C14H12BrCl2NO. The summed E-state index contributed by atoms with van der Waals surface area (Å²) in [5.41, 5.74) is 1.98. The molecule has 5 heteroatoms. The summed E-state index contributed by atoms with van der Waals surface area (Å²) in [5, 5.41) is 4.51. The number of rotatable bonds is 4. The zero-order valence-corrected chi connectivity index (χ0v) is 13.3. The van der Waals surface area contributed by atoms with Crippen LogP contribution in [0.15, 0.2) is 40.9 Å². The molecule has 2 aromatic carbocycles. The van der Waals surface area contributed by atoms with Gasteiger partial charge in [-0.2, -0.15) is 0 Å². The number of benzene rings is 2. The summed E-state index contributed by atoms with van der Waals surface area (Å²) < 4.78 is 6.12. The van der Waals surface area contributed by atoms with E-state index in [1.807, 2.05) is 24.3 Å². The Hall–Kier alpha value is -0.900. The molecule has 0 aliphatic heterocycles. The van der Waals surface area contributed by atoms with E-state index >= 15 is 0 Å². The third-order valence-corrected chi connectivity index (χ3v) is 3.80. The molecule has 0 fully saturated rings. The molecule has 0 heterocycles. The lowest BCUT2D eigenvalue weighted by Crippen LogP contribution is -2.00. The van der Waals surface area contributed by atoms with Crippen LogP contribution in [0.4, 0.5) is 5.69 Å². The molecule has 0 saturated heterocycles. The van der Waals surface area contributed by atoms with Crippen molar-refractivity contribution in [2.24, 2.45) is 0 Å². The Morgan fingerprint density at radius 3 is 2.58 bits per heavy atom. The maximum atomic E-state index is 6.10. The largest absolute Gasteiger partial charge is 0.496 e. The summed E-state index contributed by atoms with van der Waals surface area (Å²) in [6.07, 6.45) is 0. The third-order valence-electron chi connectivity index (χ3n) is 2.63. The van der Waals surface area contributed by atoms with E-state index in [2.05, 4.69) is 21.2 Å². The molecule has 2 rings (SSSR count). The van der Waals surface area contributed by atoms with E-state index in [9.17, 15) is 0 Å². The van der Waals surface area contributed by atoms with Gasteiger partial charge < -0.3 is 10.1 Å². The van der Waals surface area contributed by atoms with E-state index in [1.165, 1.54) is 0 Å². The Labute approximate surface area is 130 Å². The molecule has 0 aliphatic rings. The van der Waals surface area contributed by atoms with Crippen LogP contribution in [0.25, 0.3) is 0 Å². The van der Waals surface area contributed by atoms with Crippen molar-refractivity contribution >= 4 is 44.8 Å². The second kappa shape index (κ2) is 6.51. The van der Waals surface area contributed by atoms with Crippen molar-refractivity contribution in [2.75, 3.05) is 12.4 Å². The molecule has 0 atom stereocenters. The number of methoxy groups -OCH3 is 1. The van der Waals surface area contributed by atoms with Crippen LogP contribution in [-0.4, -0.2) is 7.11 Å². The van der Waals surface area contributed by atoms with E-state index in [0.29, 0.717) is 16.6 Å². The molecular weight excluding hydrogens is 349 g/mol. The van der Waals surface area contributed by atoms with Gasteiger partial charge in [0.25, 0.3) is 0 Å². The molecule has 100 valence electrons. The summed E-state index contributed by atoms with van der Waals surface area (Å²) in [6.45, 7) is 0.671. The second-order valence-corrected chi connectivity index (χ2v) is 5.64. The Balaban J connectivity index is 2.08. The average molecular weight is 361 g/mol. The predicted octanol–water partition coefficient (Wildman–Crippen LogP) is 5.38. The van der Waals surface area contributed by atoms with Gasteiger partial charge in [-0.1, -0.05) is 29.3 Å². The number of hydrogen-bond donors (Lipinski definition) is 1. The SMILES string of the molecule is COc1ccc(CNc2ccc(Cl)cc2Cl)cc1Br. The highest BCUT2D eigenvalue weighted by molar-refractivity contribution is 9.10. The molecule has 2 nitrogen and oxygen atoms in total. The van der Waals surface area contributed by atoms with Gasteiger partial charge in [0, 0.05) is 11.6 Å². The summed E-state index contributed by atoms with van der Waals surface area (Å²) in [5.74, 6) is 0.813. The first kappa shape index (κ1) is 14.5. The summed E-state index contributed by atoms with van der Waals surface area (Å²) in [4.78, 5) is 0. The minimum atomic E-state index is 0.611. The zero-order valence-electron chi connectivity index (χ0n) is 10.2. The molecule has 0 aliphatic carbocycles. The van der Waals surface area contributed by atoms with Crippen molar-refractivity contribution in [1.29, 1.82) is 0 Å². The van der Waals surface area contributed by atoms with Gasteiger partial charge in [0.15, 0.2) is 0 Å². The van der Waals surface area contributed by atoms with Crippen LogP contribution in [0.1, 0.15) is 5.56 Å². The monoisotopic (exact) mass is 359 g/mol. The van der Waals surface area contributed by atoms with Crippen molar-refractivity contribution in [3.63, 3.8) is 0 Å². The summed E-state index contributed by atoms with van der Waals surface area (Å²) in [6, 6.07) is 11.3. The molecule has 2 aromatic rings. The van der Waals surface area contributed by atoms with Gasteiger partial charge in [-0.3, -0.25) is 0 Å². The quantitative estimate of drug-likeness (QED) is 0.790. The fourth-order valence-corrected chi connectivity index (χ4v) is 2.71. The molecule has 0 radical (unpaired) electrons. The highest BCUT2D eigenvalue weighted by Crippen LogP contribution is 2.28. The molecule has 0 amide bonds. The highest BCUT2D eigenvalue weighted by atomic mass is 79.9. The fourth-order valence-electron chi connectivity index (χ4n) is 1.65. The molecule has 0 spiro atoms. The minimum Gasteiger partial charge on any atom is -0.496 e. The van der Waals surface area contributed by atoms with Crippen LogP contribution in [0.3, 0.4) is 0 Å². The van der Waals surface area contributed by atoms with Gasteiger partial charge >= 0.3 is 0 Å². The summed E-state index contributed by atoms with van der Waals surface area (Å²) in [7, 11) is 1.64. The number of nitrogens with one attached hydrogen (secondary N) is 1. The smallest absolute Gasteiger partial charge is 0.133 e. The van der Waals surface area contributed by atoms with Crippen LogP contribution in [0.2, 0.25) is 10.0 Å².